The predicted octanol–water partition coefficient (Wildman–Crippen LogP) is -3.95. The van der Waals surface area contributed by atoms with E-state index < -0.39 is 72.5 Å². The number of hydrogen-bond acceptors (Lipinski definition) is 7. The summed E-state index contributed by atoms with van der Waals surface area (Å²) in [5.74, 6) is -5.46. The molecule has 0 spiro atoms. The molecule has 1 aliphatic heterocycles. The van der Waals surface area contributed by atoms with E-state index >= 15 is 0 Å². The first-order valence-electron chi connectivity index (χ1n) is 8.95. The van der Waals surface area contributed by atoms with Crippen LogP contribution in [0.1, 0.15) is 32.6 Å². The second kappa shape index (κ2) is 10.9. The smallest absolute Gasteiger partial charge is 0.326 e. The van der Waals surface area contributed by atoms with Crippen molar-refractivity contribution in [1.82, 2.24) is 21.3 Å². The van der Waals surface area contributed by atoms with Crippen LogP contribution in [-0.2, 0) is 28.8 Å². The molecule has 4 atom stereocenters. The first kappa shape index (κ1) is 23.8. The first-order valence-corrected chi connectivity index (χ1v) is 8.95. The summed E-state index contributed by atoms with van der Waals surface area (Å²) < 4.78 is 0. The maximum atomic E-state index is 12.4. The van der Waals surface area contributed by atoms with E-state index in [0.717, 1.165) is 6.42 Å². The molecule has 0 aliphatic carbocycles. The van der Waals surface area contributed by atoms with Gasteiger partial charge in [0.05, 0.1) is 18.9 Å². The van der Waals surface area contributed by atoms with Crippen LogP contribution < -0.4 is 32.7 Å². The van der Waals surface area contributed by atoms with Crippen LogP contribution in [0.15, 0.2) is 0 Å². The van der Waals surface area contributed by atoms with Gasteiger partial charge in [-0.15, -0.1) is 0 Å². The fourth-order valence-corrected chi connectivity index (χ4v) is 2.67. The van der Waals surface area contributed by atoms with E-state index in [0.29, 0.717) is 13.0 Å². The number of nitrogens with one attached hydrogen (secondary N) is 4. The van der Waals surface area contributed by atoms with Crippen molar-refractivity contribution in [3.05, 3.63) is 0 Å². The molecule has 13 heteroatoms. The lowest BCUT2D eigenvalue weighted by molar-refractivity contribution is -0.143. The van der Waals surface area contributed by atoms with Crippen molar-refractivity contribution < 1.29 is 33.9 Å². The molecule has 5 amide bonds. The van der Waals surface area contributed by atoms with Crippen molar-refractivity contribution in [1.29, 1.82) is 0 Å². The van der Waals surface area contributed by atoms with E-state index in [9.17, 15) is 28.8 Å². The number of aliphatic carboxylic acids is 1. The van der Waals surface area contributed by atoms with Crippen molar-refractivity contribution in [2.75, 3.05) is 6.54 Å². The molecule has 1 aliphatic rings. The largest absolute Gasteiger partial charge is 0.480 e. The molecular formula is C16H26N6O7. The number of amides is 5. The lowest BCUT2D eigenvalue weighted by atomic mass is 10.1. The monoisotopic (exact) mass is 414 g/mol. The number of carbonyl (C=O) groups is 6. The Morgan fingerprint density at radius 1 is 0.966 bits per heavy atom. The Hall–Kier alpha value is -3.22. The molecule has 0 bridgehead atoms. The Morgan fingerprint density at radius 2 is 1.55 bits per heavy atom. The lowest BCUT2D eigenvalue weighted by Crippen LogP contribution is -2.57. The number of nitrogens with two attached hydrogens (primary N) is 2. The van der Waals surface area contributed by atoms with Gasteiger partial charge in [-0.25, -0.2) is 4.79 Å². The quantitative estimate of drug-likeness (QED) is 0.176. The molecule has 29 heavy (non-hydrogen) atoms. The highest BCUT2D eigenvalue weighted by Crippen LogP contribution is 2.06. The summed E-state index contributed by atoms with van der Waals surface area (Å²) in [6.07, 6.45) is 0.249. The van der Waals surface area contributed by atoms with Crippen molar-refractivity contribution in [3.63, 3.8) is 0 Å². The van der Waals surface area contributed by atoms with E-state index in [-0.39, 0.29) is 0 Å². The van der Waals surface area contributed by atoms with Gasteiger partial charge in [0.15, 0.2) is 0 Å². The highest BCUT2D eigenvalue weighted by Gasteiger charge is 2.31. The van der Waals surface area contributed by atoms with Crippen LogP contribution in [0.3, 0.4) is 0 Å². The lowest BCUT2D eigenvalue weighted by Gasteiger charge is -2.22. The topological polar surface area (TPSA) is 223 Å². The first-order chi connectivity index (χ1) is 13.5. The van der Waals surface area contributed by atoms with Gasteiger partial charge in [0.1, 0.15) is 18.1 Å². The minimum atomic E-state index is -1.56. The van der Waals surface area contributed by atoms with Crippen LogP contribution >= 0.6 is 0 Å². The van der Waals surface area contributed by atoms with Crippen LogP contribution in [0, 0.1) is 0 Å². The SMILES string of the molecule is CC(NC(=O)C(CC(N)=O)NC(=O)C1CCCN1)C(=O)NC(CC(N)=O)C(=O)O. The van der Waals surface area contributed by atoms with Gasteiger partial charge in [-0.2, -0.15) is 0 Å². The molecule has 0 saturated carbocycles. The number of carboxylic acids is 1. The average Bonchev–Trinajstić information content (AvgIpc) is 3.14. The minimum absolute atomic E-state index is 0.478. The highest BCUT2D eigenvalue weighted by molar-refractivity contribution is 5.96. The summed E-state index contributed by atoms with van der Waals surface area (Å²) in [5.41, 5.74) is 10.1. The summed E-state index contributed by atoms with van der Waals surface area (Å²) in [6.45, 7) is 1.91. The fraction of sp³-hybridized carbons (Fsp3) is 0.625. The van der Waals surface area contributed by atoms with E-state index in [4.69, 9.17) is 16.6 Å². The van der Waals surface area contributed by atoms with E-state index in [1.807, 2.05) is 0 Å². The molecule has 4 unspecified atom stereocenters. The number of primary amides is 2. The van der Waals surface area contributed by atoms with Gasteiger partial charge in [-0.3, -0.25) is 24.0 Å². The Morgan fingerprint density at radius 3 is 2.03 bits per heavy atom. The molecule has 0 aromatic heterocycles. The molecule has 1 fully saturated rings. The molecule has 1 heterocycles. The highest BCUT2D eigenvalue weighted by atomic mass is 16.4. The standard InChI is InChI=1S/C16H26N6O7/c1-7(13(25)22-10(16(28)29)6-12(18)24)20-15(27)9(5-11(17)23)21-14(26)8-3-2-4-19-8/h7-10,19H,2-6H2,1H3,(H2,17,23)(H2,18,24)(H,20,27)(H,21,26)(H,22,25)(H,28,29). The molecular weight excluding hydrogens is 388 g/mol. The zero-order valence-electron chi connectivity index (χ0n) is 15.9. The Labute approximate surface area is 166 Å². The molecule has 162 valence electrons. The molecule has 0 radical (unpaired) electrons. The van der Waals surface area contributed by atoms with Gasteiger partial charge in [0.25, 0.3) is 0 Å². The van der Waals surface area contributed by atoms with E-state index in [2.05, 4.69) is 21.3 Å². The zero-order valence-corrected chi connectivity index (χ0v) is 15.9. The summed E-state index contributed by atoms with van der Waals surface area (Å²) >= 11 is 0. The second-order valence-corrected chi connectivity index (χ2v) is 6.68. The van der Waals surface area contributed by atoms with Gasteiger partial charge in [0.2, 0.25) is 29.5 Å². The van der Waals surface area contributed by atoms with E-state index in [1.165, 1.54) is 6.92 Å². The summed E-state index contributed by atoms with van der Waals surface area (Å²) in [4.78, 5) is 69.9. The van der Waals surface area contributed by atoms with E-state index in [1.54, 1.807) is 0 Å². The zero-order chi connectivity index (χ0) is 22.1. The predicted molar refractivity (Wildman–Crippen MR) is 97.7 cm³/mol. The average molecular weight is 414 g/mol. The molecule has 0 aromatic rings. The third kappa shape index (κ3) is 8.13. The van der Waals surface area contributed by atoms with Crippen LogP contribution in [0.25, 0.3) is 0 Å². The third-order valence-electron chi connectivity index (χ3n) is 4.19. The third-order valence-corrected chi connectivity index (χ3v) is 4.19. The van der Waals surface area contributed by atoms with Gasteiger partial charge < -0.3 is 37.8 Å². The van der Waals surface area contributed by atoms with Crippen molar-refractivity contribution in [2.24, 2.45) is 11.5 Å². The number of carbonyl (C=O) groups excluding carboxylic acids is 5. The normalized spacial score (nSPS) is 18.7. The summed E-state index contributed by atoms with van der Waals surface area (Å²) in [7, 11) is 0. The Kier molecular flexibility index (Phi) is 8.99. The van der Waals surface area contributed by atoms with Crippen LogP contribution in [0.5, 0.6) is 0 Å². The number of carboxylic acid groups (broad SMARTS) is 1. The minimum Gasteiger partial charge on any atom is -0.480 e. The van der Waals surface area contributed by atoms with Crippen molar-refractivity contribution in [2.45, 2.75) is 56.8 Å². The van der Waals surface area contributed by atoms with Crippen molar-refractivity contribution >= 4 is 35.5 Å². The maximum Gasteiger partial charge on any atom is 0.326 e. The molecule has 1 rings (SSSR count). The Balaban J connectivity index is 2.71. The second-order valence-electron chi connectivity index (χ2n) is 6.68. The Bertz CT molecular complexity index is 677. The number of hydrogen-bond donors (Lipinski definition) is 7. The van der Waals surface area contributed by atoms with Crippen LogP contribution in [-0.4, -0.2) is 71.3 Å². The van der Waals surface area contributed by atoms with Crippen LogP contribution in [0.2, 0.25) is 0 Å². The van der Waals surface area contributed by atoms with Gasteiger partial charge >= 0.3 is 5.97 Å². The van der Waals surface area contributed by atoms with Crippen molar-refractivity contribution in [3.8, 4) is 0 Å². The summed E-state index contributed by atoms with van der Waals surface area (Å²) in [6, 6.07) is -4.59. The maximum absolute atomic E-state index is 12.4. The summed E-state index contributed by atoms with van der Waals surface area (Å²) in [5, 5.41) is 18.7. The molecule has 13 nitrogen and oxygen atoms in total. The molecule has 1 saturated heterocycles. The van der Waals surface area contributed by atoms with Crippen LogP contribution in [0.4, 0.5) is 0 Å². The fourth-order valence-electron chi connectivity index (χ4n) is 2.67. The number of rotatable bonds is 11. The van der Waals surface area contributed by atoms with Gasteiger partial charge in [-0.05, 0) is 26.3 Å². The van der Waals surface area contributed by atoms with Gasteiger partial charge in [-0.1, -0.05) is 0 Å². The van der Waals surface area contributed by atoms with Gasteiger partial charge in [0, 0.05) is 0 Å². The molecule has 0 aromatic carbocycles. The molecule has 9 N–H and O–H groups in total.